The molecule has 4 fully saturated rings. The van der Waals surface area contributed by atoms with E-state index in [0.717, 1.165) is 35.9 Å². The summed E-state index contributed by atoms with van der Waals surface area (Å²) in [5, 5.41) is 8.91. The van der Waals surface area contributed by atoms with Crippen LogP contribution in [0.1, 0.15) is 49.7 Å². The molecule has 1 heterocycles. The van der Waals surface area contributed by atoms with Crippen LogP contribution in [0.15, 0.2) is 0 Å². The molecule has 19 heavy (non-hydrogen) atoms. The fourth-order valence-corrected chi connectivity index (χ4v) is 5.36. The maximum Gasteiger partial charge on any atom is 0.136 e. The van der Waals surface area contributed by atoms with Gasteiger partial charge >= 0.3 is 0 Å². The van der Waals surface area contributed by atoms with E-state index >= 15 is 0 Å². The van der Waals surface area contributed by atoms with Gasteiger partial charge in [-0.2, -0.15) is 0 Å². The Morgan fingerprint density at radius 3 is 2.26 bits per heavy atom. The fraction of sp³-hybridized carbons (Fsp3) is 0.867. The number of nitrogens with two attached hydrogens (primary N) is 1. The molecule has 0 radical (unpaired) electrons. The largest absolute Gasteiger partial charge is 0.330 e. The van der Waals surface area contributed by atoms with Gasteiger partial charge in [0.05, 0.1) is 0 Å². The van der Waals surface area contributed by atoms with Crippen molar-refractivity contribution in [1.29, 1.82) is 0 Å². The molecular weight excluding hydrogens is 236 g/mol. The highest BCUT2D eigenvalue weighted by Gasteiger charge is 2.50. The van der Waals surface area contributed by atoms with Gasteiger partial charge in [0.15, 0.2) is 0 Å². The lowest BCUT2D eigenvalue weighted by molar-refractivity contribution is -0.00664. The van der Waals surface area contributed by atoms with Gasteiger partial charge in [-0.05, 0) is 62.3 Å². The monoisotopic (exact) mass is 260 g/mol. The Hall–Kier alpha value is -0.900. The molecule has 0 amide bonds. The first kappa shape index (κ1) is 11.9. The third-order valence-corrected chi connectivity index (χ3v) is 5.89. The van der Waals surface area contributed by atoms with E-state index in [0.29, 0.717) is 12.5 Å². The van der Waals surface area contributed by atoms with Gasteiger partial charge < -0.3 is 10.3 Å². The van der Waals surface area contributed by atoms with Crippen LogP contribution in [-0.4, -0.2) is 21.3 Å². The van der Waals surface area contributed by atoms with Crippen LogP contribution in [0.2, 0.25) is 0 Å². The summed E-state index contributed by atoms with van der Waals surface area (Å²) in [6, 6.07) is 0. The van der Waals surface area contributed by atoms with Crippen molar-refractivity contribution in [2.45, 2.75) is 44.4 Å². The minimum atomic E-state index is 0.660. The maximum atomic E-state index is 5.65. The zero-order chi connectivity index (χ0) is 13.0. The topological polar surface area (TPSA) is 56.7 Å². The highest BCUT2D eigenvalue weighted by molar-refractivity contribution is 5.12. The third kappa shape index (κ3) is 1.76. The van der Waals surface area contributed by atoms with E-state index < -0.39 is 0 Å². The predicted molar refractivity (Wildman–Crippen MR) is 73.5 cm³/mol. The van der Waals surface area contributed by atoms with Gasteiger partial charge in [-0.1, -0.05) is 0 Å². The molecule has 104 valence electrons. The molecule has 4 aliphatic rings. The summed E-state index contributed by atoms with van der Waals surface area (Å²) >= 11 is 0. The van der Waals surface area contributed by atoms with Gasteiger partial charge in [-0.3, -0.25) is 0 Å². The predicted octanol–water partition coefficient (Wildman–Crippen LogP) is 1.86. The zero-order valence-electron chi connectivity index (χ0n) is 11.8. The van der Waals surface area contributed by atoms with Crippen molar-refractivity contribution in [1.82, 2.24) is 14.8 Å². The molecular formula is C15H24N4. The quantitative estimate of drug-likeness (QED) is 0.902. The molecule has 4 saturated carbocycles. The highest BCUT2D eigenvalue weighted by Crippen LogP contribution is 2.59. The molecule has 0 aromatic carbocycles. The van der Waals surface area contributed by atoms with E-state index in [1.165, 1.54) is 37.9 Å². The second-order valence-electron chi connectivity index (χ2n) is 7.03. The Bertz CT molecular complexity index is 450. The molecule has 4 nitrogen and oxygen atoms in total. The molecule has 4 bridgehead atoms. The summed E-state index contributed by atoms with van der Waals surface area (Å²) in [6.07, 6.45) is 8.12. The average molecular weight is 260 g/mol. The van der Waals surface area contributed by atoms with Crippen LogP contribution < -0.4 is 5.73 Å². The number of nitrogens with zero attached hydrogens (tertiary/aromatic N) is 3. The van der Waals surface area contributed by atoms with Gasteiger partial charge in [-0.15, -0.1) is 10.2 Å². The lowest BCUT2D eigenvalue weighted by atomic mass is 9.51. The van der Waals surface area contributed by atoms with Gasteiger partial charge in [0.2, 0.25) is 0 Å². The summed E-state index contributed by atoms with van der Waals surface area (Å²) in [4.78, 5) is 0. The molecule has 4 aliphatic carbocycles. The molecule has 0 aliphatic heterocycles. The van der Waals surface area contributed by atoms with E-state index in [1.54, 1.807) is 0 Å². The van der Waals surface area contributed by atoms with Crippen molar-refractivity contribution in [3.05, 3.63) is 11.6 Å². The smallest absolute Gasteiger partial charge is 0.136 e. The first-order valence-electron chi connectivity index (χ1n) is 7.84. The second-order valence-corrected chi connectivity index (χ2v) is 7.03. The molecule has 0 unspecified atom stereocenters. The summed E-state index contributed by atoms with van der Waals surface area (Å²) < 4.78 is 2.24. The first-order chi connectivity index (χ1) is 9.26. The van der Waals surface area contributed by atoms with Crippen LogP contribution in [-0.2, 0) is 13.5 Å². The Kier molecular flexibility index (Phi) is 2.69. The fourth-order valence-electron chi connectivity index (χ4n) is 5.36. The molecule has 4 heteroatoms. The summed E-state index contributed by atoms with van der Waals surface area (Å²) in [5.41, 5.74) is 5.65. The van der Waals surface area contributed by atoms with E-state index in [9.17, 15) is 0 Å². The number of hydrogen-bond donors (Lipinski definition) is 1. The molecule has 0 atom stereocenters. The normalized spacial score (nSPS) is 40.0. The van der Waals surface area contributed by atoms with Gasteiger partial charge in [0.1, 0.15) is 11.6 Å². The van der Waals surface area contributed by atoms with Crippen molar-refractivity contribution < 1.29 is 0 Å². The van der Waals surface area contributed by atoms with E-state index in [1.807, 2.05) is 0 Å². The Labute approximate surface area is 114 Å². The summed E-state index contributed by atoms with van der Waals surface area (Å²) in [5.74, 6) is 6.79. The number of rotatable bonds is 3. The molecule has 0 saturated heterocycles. The van der Waals surface area contributed by atoms with E-state index in [2.05, 4.69) is 21.8 Å². The van der Waals surface area contributed by atoms with Gasteiger partial charge in [0, 0.05) is 19.4 Å². The number of hydrogen-bond acceptors (Lipinski definition) is 3. The van der Waals surface area contributed by atoms with E-state index in [4.69, 9.17) is 5.73 Å². The van der Waals surface area contributed by atoms with Crippen LogP contribution in [0.3, 0.4) is 0 Å². The first-order valence-corrected chi connectivity index (χ1v) is 7.84. The Balaban J connectivity index is 1.65. The van der Waals surface area contributed by atoms with Crippen molar-refractivity contribution in [2.75, 3.05) is 6.54 Å². The van der Waals surface area contributed by atoms with Crippen molar-refractivity contribution in [2.24, 2.45) is 36.5 Å². The van der Waals surface area contributed by atoms with Crippen LogP contribution in [0.5, 0.6) is 0 Å². The standard InChI is InChI=1S/C15H24N4/c1-19-13(2-3-16)17-18-15(19)14-11-5-9-4-10(7-11)8-12(14)6-9/h9-12,14H,2-8,16H2,1H3. The van der Waals surface area contributed by atoms with Crippen LogP contribution in [0, 0.1) is 23.7 Å². The average Bonchev–Trinajstić information content (AvgIpc) is 2.71. The molecule has 0 spiro atoms. The van der Waals surface area contributed by atoms with Crippen molar-refractivity contribution in [3.8, 4) is 0 Å². The minimum Gasteiger partial charge on any atom is -0.330 e. The molecule has 5 rings (SSSR count). The molecule has 1 aromatic rings. The van der Waals surface area contributed by atoms with Gasteiger partial charge in [0.25, 0.3) is 0 Å². The lowest BCUT2D eigenvalue weighted by Crippen LogP contribution is -2.44. The lowest BCUT2D eigenvalue weighted by Gasteiger charge is -2.53. The zero-order valence-corrected chi connectivity index (χ0v) is 11.8. The molecule has 1 aromatic heterocycles. The minimum absolute atomic E-state index is 0.660. The van der Waals surface area contributed by atoms with Gasteiger partial charge in [-0.25, -0.2) is 0 Å². The van der Waals surface area contributed by atoms with Crippen molar-refractivity contribution in [3.63, 3.8) is 0 Å². The van der Waals surface area contributed by atoms with Crippen LogP contribution in [0.4, 0.5) is 0 Å². The second kappa shape index (κ2) is 4.30. The van der Waals surface area contributed by atoms with Crippen LogP contribution >= 0.6 is 0 Å². The summed E-state index contributed by atoms with van der Waals surface area (Å²) in [6.45, 7) is 0.660. The highest BCUT2D eigenvalue weighted by atomic mass is 15.3. The SMILES string of the molecule is Cn1c(CCN)nnc1C1C2CC3CC(C2)CC1C3. The number of aromatic nitrogens is 3. The third-order valence-electron chi connectivity index (χ3n) is 5.89. The Morgan fingerprint density at radius 2 is 1.68 bits per heavy atom. The van der Waals surface area contributed by atoms with Crippen LogP contribution in [0.25, 0.3) is 0 Å². The Morgan fingerprint density at radius 1 is 1.05 bits per heavy atom. The van der Waals surface area contributed by atoms with E-state index in [-0.39, 0.29) is 0 Å². The maximum absolute atomic E-state index is 5.65. The van der Waals surface area contributed by atoms with Crippen molar-refractivity contribution >= 4 is 0 Å². The molecule has 2 N–H and O–H groups in total. The summed E-state index contributed by atoms with van der Waals surface area (Å²) in [7, 11) is 2.13.